The van der Waals surface area contributed by atoms with Crippen LogP contribution in [0.3, 0.4) is 0 Å². The van der Waals surface area contributed by atoms with Crippen LogP contribution in [-0.4, -0.2) is 36.6 Å². The number of hydrogen-bond acceptors (Lipinski definition) is 5. The van der Waals surface area contributed by atoms with Crippen LogP contribution in [0.4, 0.5) is 0 Å². The topological polar surface area (TPSA) is 97.6 Å². The molecule has 3 aromatic carbocycles. The molecule has 1 aromatic heterocycles. The summed E-state index contributed by atoms with van der Waals surface area (Å²) in [5.74, 6) is 0.108. The minimum absolute atomic E-state index is 0.167. The Balaban J connectivity index is 1.83. The molecule has 4 aromatic rings. The van der Waals surface area contributed by atoms with Crippen LogP contribution in [0.25, 0.3) is 10.9 Å². The summed E-state index contributed by atoms with van der Waals surface area (Å²) in [5.41, 5.74) is 1.45. The smallest absolute Gasteiger partial charge is 0.268 e. The molecule has 1 heterocycles. The van der Waals surface area contributed by atoms with Crippen LogP contribution < -0.4 is 10.1 Å². The highest BCUT2D eigenvalue weighted by atomic mass is 32.2. The van der Waals surface area contributed by atoms with Crippen LogP contribution in [0, 0.1) is 6.92 Å². The fourth-order valence-electron chi connectivity index (χ4n) is 5.06. The summed E-state index contributed by atoms with van der Waals surface area (Å²) in [6.45, 7) is 3.29. The molecule has 8 heteroatoms. The number of nitrogens with one attached hydrogen (secondary N) is 1. The van der Waals surface area contributed by atoms with Gasteiger partial charge in [0.15, 0.2) is 0 Å². The van der Waals surface area contributed by atoms with Crippen LogP contribution in [-0.2, 0) is 26.8 Å². The second kappa shape index (κ2) is 8.25. The Hall–Kier alpha value is -3.62. The van der Waals surface area contributed by atoms with E-state index in [1.807, 2.05) is 25.1 Å². The van der Waals surface area contributed by atoms with Gasteiger partial charge in [-0.25, -0.2) is 12.4 Å². The zero-order valence-electron chi connectivity index (χ0n) is 19.6. The van der Waals surface area contributed by atoms with E-state index in [9.17, 15) is 18.3 Å². The highest BCUT2D eigenvalue weighted by molar-refractivity contribution is 7.90. The minimum atomic E-state index is -3.92. The lowest BCUT2D eigenvalue weighted by molar-refractivity contribution is -0.121. The van der Waals surface area contributed by atoms with Crippen molar-refractivity contribution in [1.29, 1.82) is 0 Å². The van der Waals surface area contributed by atoms with Crippen LogP contribution in [0.2, 0.25) is 0 Å². The standard InChI is InChI=1S/C27H26N2O5S/c1-17-9-11-21(12-10-17)35(32,33)29-16-19-15-24(28-18(2)30)27(31,20-7-5-4-6-8-20)26-23(34-3)14-13-22(29)25(19)26/h4-14,16,24,31H,15H2,1-3H3,(H,28,30). The molecule has 1 amide bonds. The van der Waals surface area contributed by atoms with Crippen molar-refractivity contribution in [2.24, 2.45) is 0 Å². The van der Waals surface area contributed by atoms with Crippen LogP contribution >= 0.6 is 0 Å². The Kier molecular flexibility index (Phi) is 5.45. The second-order valence-electron chi connectivity index (χ2n) is 8.89. The van der Waals surface area contributed by atoms with E-state index in [1.54, 1.807) is 54.7 Å². The third-order valence-corrected chi connectivity index (χ3v) is 8.36. The third-order valence-electron chi connectivity index (χ3n) is 6.68. The highest BCUT2D eigenvalue weighted by Crippen LogP contribution is 2.49. The molecular formula is C27H26N2O5S. The molecule has 0 saturated carbocycles. The van der Waals surface area contributed by atoms with Crippen molar-refractivity contribution in [3.63, 3.8) is 0 Å². The van der Waals surface area contributed by atoms with Gasteiger partial charge in [-0.05, 0) is 48.7 Å². The number of ether oxygens (including phenoxy) is 1. The molecule has 35 heavy (non-hydrogen) atoms. The normalized spacial score (nSPS) is 19.5. The number of rotatable bonds is 5. The number of aryl methyl sites for hydroxylation is 1. The predicted octanol–water partition coefficient (Wildman–Crippen LogP) is 3.49. The molecule has 0 radical (unpaired) electrons. The van der Waals surface area contributed by atoms with E-state index in [0.29, 0.717) is 33.3 Å². The second-order valence-corrected chi connectivity index (χ2v) is 10.7. The van der Waals surface area contributed by atoms with Crippen LogP contribution in [0.5, 0.6) is 5.75 Å². The summed E-state index contributed by atoms with van der Waals surface area (Å²) >= 11 is 0. The number of carbonyl (C=O) groups excluding carboxylic acids is 1. The maximum absolute atomic E-state index is 13.7. The number of aromatic nitrogens is 1. The number of aliphatic hydroxyl groups is 1. The minimum Gasteiger partial charge on any atom is -0.496 e. The van der Waals surface area contributed by atoms with Gasteiger partial charge < -0.3 is 15.2 Å². The summed E-state index contributed by atoms with van der Waals surface area (Å²) in [4.78, 5) is 12.3. The molecule has 0 bridgehead atoms. The van der Waals surface area contributed by atoms with Crippen molar-refractivity contribution in [2.45, 2.75) is 36.8 Å². The van der Waals surface area contributed by atoms with E-state index in [0.717, 1.165) is 5.56 Å². The first-order valence-electron chi connectivity index (χ1n) is 11.3. The van der Waals surface area contributed by atoms with E-state index in [2.05, 4.69) is 5.32 Å². The van der Waals surface area contributed by atoms with Crippen molar-refractivity contribution in [3.05, 3.63) is 95.2 Å². The first kappa shape index (κ1) is 23.1. The van der Waals surface area contributed by atoms with Crippen molar-refractivity contribution in [1.82, 2.24) is 9.29 Å². The zero-order valence-corrected chi connectivity index (χ0v) is 20.5. The molecule has 1 aliphatic rings. The van der Waals surface area contributed by atoms with Crippen LogP contribution in [0.1, 0.15) is 29.2 Å². The van der Waals surface area contributed by atoms with E-state index in [4.69, 9.17) is 4.74 Å². The van der Waals surface area contributed by atoms with Crippen molar-refractivity contribution < 1.29 is 23.1 Å². The van der Waals surface area contributed by atoms with E-state index >= 15 is 0 Å². The first-order valence-corrected chi connectivity index (χ1v) is 12.7. The fraction of sp³-hybridized carbons (Fsp3) is 0.222. The summed E-state index contributed by atoms with van der Waals surface area (Å²) in [5, 5.41) is 15.8. The molecular weight excluding hydrogens is 464 g/mol. The van der Waals surface area contributed by atoms with E-state index in [1.165, 1.54) is 18.0 Å². The summed E-state index contributed by atoms with van der Waals surface area (Å²) in [6, 6.07) is 18.3. The molecule has 180 valence electrons. The van der Waals surface area contributed by atoms with E-state index < -0.39 is 21.7 Å². The Labute approximate surface area is 204 Å². The Morgan fingerprint density at radius 3 is 2.40 bits per heavy atom. The molecule has 7 nitrogen and oxygen atoms in total. The summed E-state index contributed by atoms with van der Waals surface area (Å²) in [7, 11) is -2.41. The molecule has 0 aliphatic heterocycles. The number of nitrogens with zero attached hydrogens (tertiary/aromatic N) is 1. The quantitative estimate of drug-likeness (QED) is 0.446. The van der Waals surface area contributed by atoms with Gasteiger partial charge in [0.05, 0.1) is 23.6 Å². The van der Waals surface area contributed by atoms with Gasteiger partial charge in [-0.15, -0.1) is 0 Å². The lowest BCUT2D eigenvalue weighted by Gasteiger charge is -2.41. The molecule has 2 N–H and O–H groups in total. The largest absolute Gasteiger partial charge is 0.496 e. The Morgan fingerprint density at radius 2 is 1.77 bits per heavy atom. The third kappa shape index (κ3) is 3.52. The SMILES string of the molecule is COc1ccc2c3c(cn2S(=O)(=O)c2ccc(C)cc2)CC(NC(C)=O)C(O)(c2ccccc2)c13. The number of carbonyl (C=O) groups is 1. The summed E-state index contributed by atoms with van der Waals surface area (Å²) in [6.07, 6.45) is 1.82. The van der Waals surface area contributed by atoms with Crippen molar-refractivity contribution in [3.8, 4) is 5.75 Å². The lowest BCUT2D eigenvalue weighted by atomic mass is 9.72. The fourth-order valence-corrected chi connectivity index (χ4v) is 6.45. The molecule has 0 saturated heterocycles. The maximum atomic E-state index is 13.7. The van der Waals surface area contributed by atoms with Gasteiger partial charge in [0.25, 0.3) is 10.0 Å². The lowest BCUT2D eigenvalue weighted by Crippen LogP contribution is -2.53. The maximum Gasteiger partial charge on any atom is 0.268 e. The zero-order chi connectivity index (χ0) is 25.0. The number of amides is 1. The average molecular weight is 491 g/mol. The van der Waals surface area contributed by atoms with Gasteiger partial charge in [0.1, 0.15) is 11.4 Å². The van der Waals surface area contributed by atoms with Gasteiger partial charge in [-0.3, -0.25) is 4.79 Å². The van der Waals surface area contributed by atoms with Crippen LogP contribution in [0.15, 0.2) is 77.8 Å². The summed E-state index contributed by atoms with van der Waals surface area (Å²) < 4.78 is 34.3. The van der Waals surface area contributed by atoms with Gasteiger partial charge in [0.2, 0.25) is 5.91 Å². The Morgan fingerprint density at radius 1 is 1.09 bits per heavy atom. The van der Waals surface area contributed by atoms with Gasteiger partial charge in [-0.2, -0.15) is 0 Å². The average Bonchev–Trinajstić information content (AvgIpc) is 3.22. The molecule has 2 unspecified atom stereocenters. The molecule has 2 atom stereocenters. The monoisotopic (exact) mass is 490 g/mol. The molecule has 0 spiro atoms. The van der Waals surface area contributed by atoms with Gasteiger partial charge in [0, 0.05) is 24.1 Å². The highest BCUT2D eigenvalue weighted by Gasteiger charge is 2.48. The number of methoxy groups -OCH3 is 1. The molecule has 5 rings (SSSR count). The molecule has 1 aliphatic carbocycles. The van der Waals surface area contributed by atoms with Gasteiger partial charge in [-0.1, -0.05) is 48.0 Å². The Bertz CT molecular complexity index is 1540. The predicted molar refractivity (Wildman–Crippen MR) is 133 cm³/mol. The van der Waals surface area contributed by atoms with Crippen molar-refractivity contribution in [2.75, 3.05) is 7.11 Å². The number of benzene rings is 3. The van der Waals surface area contributed by atoms with Crippen molar-refractivity contribution >= 4 is 26.8 Å². The molecule has 0 fully saturated rings. The first-order chi connectivity index (χ1) is 16.7. The van der Waals surface area contributed by atoms with Gasteiger partial charge >= 0.3 is 0 Å². The van der Waals surface area contributed by atoms with E-state index in [-0.39, 0.29) is 17.2 Å². The number of hydrogen-bond donors (Lipinski definition) is 2.